The molecule has 1 unspecified atom stereocenters. The molecule has 280 valence electrons. The van der Waals surface area contributed by atoms with E-state index in [0.29, 0.717) is 0 Å². The zero-order valence-corrected chi connectivity index (χ0v) is 28.3. The van der Waals surface area contributed by atoms with Crippen molar-refractivity contribution in [3.8, 4) is 0 Å². The number of nitrogens with two attached hydrogens (primary N) is 1. The summed E-state index contributed by atoms with van der Waals surface area (Å²) in [5.74, 6) is -8.82. The topological polar surface area (TPSA) is 293 Å². The van der Waals surface area contributed by atoms with Crippen molar-refractivity contribution in [3.05, 3.63) is 29.6 Å². The minimum atomic E-state index is -1.52. The molecule has 4 rings (SSSR count). The number of amides is 7. The Morgan fingerprint density at radius 3 is 2.29 bits per heavy atom. The fourth-order valence-corrected chi connectivity index (χ4v) is 6.12. The van der Waals surface area contributed by atoms with Gasteiger partial charge in [-0.15, -0.1) is 0 Å². The van der Waals surface area contributed by atoms with Crippen molar-refractivity contribution >= 4 is 58.9 Å². The molecule has 7 amide bonds. The third kappa shape index (κ3) is 10.9. The highest BCUT2D eigenvalue weighted by Gasteiger charge is 2.39. The Morgan fingerprint density at radius 1 is 0.923 bits per heavy atom. The van der Waals surface area contributed by atoms with Crippen LogP contribution in [0.2, 0.25) is 0 Å². The van der Waals surface area contributed by atoms with Crippen molar-refractivity contribution in [2.45, 2.75) is 88.4 Å². The van der Waals surface area contributed by atoms with Crippen molar-refractivity contribution in [2.24, 2.45) is 11.7 Å². The molecule has 2 heterocycles. The minimum Gasteiger partial charge on any atom is -0.478 e. The third-order valence-corrected chi connectivity index (χ3v) is 9.09. The summed E-state index contributed by atoms with van der Waals surface area (Å²) in [5, 5.41) is 21.5. The fraction of sp³-hybridized carbons (Fsp3) is 0.545. The molecule has 19 nitrogen and oxygen atoms in total. The summed E-state index contributed by atoms with van der Waals surface area (Å²) in [6, 6.07) is -2.74. The zero-order valence-electron chi connectivity index (χ0n) is 28.3. The Morgan fingerprint density at radius 2 is 1.63 bits per heavy atom. The van der Waals surface area contributed by atoms with E-state index in [1.165, 1.54) is 0 Å². The van der Waals surface area contributed by atoms with E-state index in [4.69, 9.17) is 5.73 Å². The molecular weight excluding hydrogens is 684 g/mol. The molecular formula is C33H42N8O11. The number of aromatic carboxylic acids is 1. The maximum Gasteiger partial charge on any atom is 0.338 e. The van der Waals surface area contributed by atoms with E-state index in [-0.39, 0.29) is 23.9 Å². The Kier molecular flexibility index (Phi) is 13.5. The summed E-state index contributed by atoms with van der Waals surface area (Å²) in [4.78, 5) is 130. The second-order valence-electron chi connectivity index (χ2n) is 13.0. The van der Waals surface area contributed by atoms with Crippen molar-refractivity contribution in [3.63, 3.8) is 0 Å². The van der Waals surface area contributed by atoms with Gasteiger partial charge in [0.25, 0.3) is 11.8 Å². The van der Waals surface area contributed by atoms with Gasteiger partial charge in [-0.3, -0.25) is 48.1 Å². The van der Waals surface area contributed by atoms with Crippen molar-refractivity contribution < 1.29 is 53.1 Å². The van der Waals surface area contributed by atoms with Crippen LogP contribution in [0.25, 0.3) is 0 Å². The number of likely N-dealkylation sites (tertiary alicyclic amines) is 1. The number of primary amides is 1. The van der Waals surface area contributed by atoms with Crippen LogP contribution in [0.3, 0.4) is 0 Å². The normalized spacial score (nSPS) is 18.3. The van der Waals surface area contributed by atoms with Gasteiger partial charge in [-0.05, 0) is 44.1 Å². The Labute approximate surface area is 297 Å². The average molecular weight is 727 g/mol. The first-order valence-corrected chi connectivity index (χ1v) is 17.0. The number of aromatic nitrogens is 1. The first kappa shape index (κ1) is 39.0. The zero-order chi connectivity index (χ0) is 37.9. The molecule has 19 heteroatoms. The monoisotopic (exact) mass is 726 g/mol. The first-order valence-electron chi connectivity index (χ1n) is 17.0. The number of carbonyl (C=O) groups excluding carboxylic acids is 9. The highest BCUT2D eigenvalue weighted by Crippen LogP contribution is 2.26. The van der Waals surface area contributed by atoms with Crippen LogP contribution >= 0.6 is 0 Å². The van der Waals surface area contributed by atoms with Gasteiger partial charge in [0.15, 0.2) is 5.78 Å². The third-order valence-electron chi connectivity index (χ3n) is 9.09. The summed E-state index contributed by atoms with van der Waals surface area (Å²) in [5.41, 5.74) is 4.70. The number of Topliss-reactive ketones (excluding diaryl/α,β-unsaturated/α-hetero) is 2. The van der Waals surface area contributed by atoms with Crippen LogP contribution in [-0.2, 0) is 38.4 Å². The lowest BCUT2D eigenvalue weighted by molar-refractivity contribution is -0.139. The highest BCUT2D eigenvalue weighted by molar-refractivity contribution is 6.36. The maximum absolute atomic E-state index is 13.3. The van der Waals surface area contributed by atoms with Crippen LogP contribution in [0.1, 0.15) is 84.9 Å². The molecule has 2 saturated carbocycles. The molecule has 52 heavy (non-hydrogen) atoms. The first-order chi connectivity index (χ1) is 24.7. The molecule has 2 aliphatic carbocycles. The van der Waals surface area contributed by atoms with Gasteiger partial charge in [-0.1, -0.05) is 19.3 Å². The van der Waals surface area contributed by atoms with E-state index < -0.39 is 115 Å². The number of hydrogen-bond acceptors (Lipinski definition) is 11. The highest BCUT2D eigenvalue weighted by atomic mass is 16.4. The smallest absolute Gasteiger partial charge is 0.338 e. The van der Waals surface area contributed by atoms with E-state index >= 15 is 0 Å². The van der Waals surface area contributed by atoms with Crippen LogP contribution in [-0.4, -0.2) is 118 Å². The van der Waals surface area contributed by atoms with Gasteiger partial charge in [0.1, 0.15) is 18.1 Å². The lowest BCUT2D eigenvalue weighted by Gasteiger charge is -2.29. The SMILES string of the molecule is NC(=O)C(NC(=O)CNC(=O)[C@@H]1CC(=O)CN1C(=O)CNC(=O)[C@H](CCC(=O)C(=O)NC1CC1)NC(=O)c1ccncc1C(=O)O)C1CCCCC1. The lowest BCUT2D eigenvalue weighted by atomic mass is 9.83. The van der Waals surface area contributed by atoms with Crippen LogP contribution < -0.4 is 32.3 Å². The molecule has 8 N–H and O–H groups in total. The van der Waals surface area contributed by atoms with E-state index in [9.17, 15) is 53.1 Å². The molecule has 0 aromatic carbocycles. The van der Waals surface area contributed by atoms with Crippen molar-refractivity contribution in [2.75, 3.05) is 19.6 Å². The lowest BCUT2D eigenvalue weighted by Crippen LogP contribution is -2.54. The molecule has 0 spiro atoms. The molecule has 3 aliphatic rings. The Balaban J connectivity index is 1.35. The van der Waals surface area contributed by atoms with Crippen LogP contribution in [0, 0.1) is 5.92 Å². The average Bonchev–Trinajstić information content (AvgIpc) is 3.86. The number of carboxylic acid groups (broad SMARTS) is 1. The van der Waals surface area contributed by atoms with Crippen molar-refractivity contribution in [1.82, 2.24) is 36.5 Å². The molecule has 3 fully saturated rings. The van der Waals surface area contributed by atoms with Gasteiger partial charge >= 0.3 is 5.97 Å². The molecule has 1 aromatic rings. The van der Waals surface area contributed by atoms with E-state index in [1.807, 2.05) is 0 Å². The van der Waals surface area contributed by atoms with E-state index in [2.05, 4.69) is 31.6 Å². The molecule has 3 atom stereocenters. The van der Waals surface area contributed by atoms with Crippen LogP contribution in [0.4, 0.5) is 0 Å². The predicted molar refractivity (Wildman–Crippen MR) is 177 cm³/mol. The molecule has 0 bridgehead atoms. The Bertz CT molecular complexity index is 1620. The van der Waals surface area contributed by atoms with Gasteiger partial charge in [0.05, 0.1) is 30.8 Å². The summed E-state index contributed by atoms with van der Waals surface area (Å²) < 4.78 is 0. The standard InChI is InChI=1S/C33H42N8O11/c34-28(46)27(17-4-2-1-3-5-17)40-25(44)14-36-31(49)23-12-19(42)16-41(23)26(45)15-37-30(48)22(8-9-24(43)32(50)38-18-6-7-18)39-29(47)20-10-11-35-13-21(20)33(51)52/h10-11,13,17-18,22-23,27H,1-9,12,14-16H2,(H2,34,46)(H,36,49)(H,37,48)(H,38,50)(H,39,47)(H,40,44)(H,51,52)/t22-,23-,27?/m0/s1. The van der Waals surface area contributed by atoms with Crippen LogP contribution in [0.5, 0.6) is 0 Å². The van der Waals surface area contributed by atoms with E-state index in [1.54, 1.807) is 0 Å². The summed E-state index contributed by atoms with van der Waals surface area (Å²) in [7, 11) is 0. The number of pyridine rings is 1. The number of carbonyl (C=O) groups is 10. The second kappa shape index (κ2) is 18.0. The number of nitrogens with zero attached hydrogens (tertiary/aromatic N) is 2. The van der Waals surface area contributed by atoms with Gasteiger partial charge in [-0.25, -0.2) is 4.79 Å². The summed E-state index contributed by atoms with van der Waals surface area (Å²) >= 11 is 0. The fourth-order valence-electron chi connectivity index (χ4n) is 6.12. The number of rotatable bonds is 17. The number of hydrogen-bond donors (Lipinski definition) is 7. The molecule has 0 radical (unpaired) electrons. The molecule has 1 saturated heterocycles. The summed E-state index contributed by atoms with van der Waals surface area (Å²) in [6.07, 6.45) is 6.56. The van der Waals surface area contributed by atoms with E-state index in [0.717, 1.165) is 68.3 Å². The number of ketones is 2. The van der Waals surface area contributed by atoms with Gasteiger partial charge < -0.3 is 42.3 Å². The minimum absolute atomic E-state index is 0.108. The quantitative estimate of drug-likeness (QED) is 0.0818. The van der Waals surface area contributed by atoms with Crippen LogP contribution in [0.15, 0.2) is 18.5 Å². The van der Waals surface area contributed by atoms with Gasteiger partial charge in [0.2, 0.25) is 35.3 Å². The van der Waals surface area contributed by atoms with Crippen molar-refractivity contribution in [1.29, 1.82) is 0 Å². The molecule has 1 aromatic heterocycles. The second-order valence-corrected chi connectivity index (χ2v) is 13.0. The summed E-state index contributed by atoms with van der Waals surface area (Å²) in [6.45, 7) is -1.77. The molecule has 1 aliphatic heterocycles. The largest absolute Gasteiger partial charge is 0.478 e. The Hall–Kier alpha value is -5.75. The number of nitrogens with one attached hydrogen (secondary N) is 5. The van der Waals surface area contributed by atoms with Gasteiger partial charge in [-0.2, -0.15) is 0 Å². The predicted octanol–water partition coefficient (Wildman–Crippen LogP) is -2.54. The van der Waals surface area contributed by atoms with Gasteiger partial charge in [0, 0.05) is 31.3 Å². The maximum atomic E-state index is 13.3. The number of carboxylic acids is 1.